The number of nitrogens with zero attached hydrogens (tertiary/aromatic N) is 5. The second kappa shape index (κ2) is 17.3. The second-order valence-corrected chi connectivity index (χ2v) is 14.3. The van der Waals surface area contributed by atoms with E-state index in [4.69, 9.17) is 14.5 Å². The molecule has 1 atom stereocenters. The third-order valence-corrected chi connectivity index (χ3v) is 10.2. The van der Waals surface area contributed by atoms with Gasteiger partial charge in [-0.25, -0.2) is 4.98 Å². The monoisotopic (exact) mass is 779 g/mol. The first-order chi connectivity index (χ1) is 27.6. The number of piperidine rings is 1. The van der Waals surface area contributed by atoms with E-state index >= 15 is 0 Å². The van der Waals surface area contributed by atoms with Gasteiger partial charge in [-0.15, -0.1) is 0 Å². The van der Waals surface area contributed by atoms with E-state index in [0.29, 0.717) is 29.6 Å². The Labute approximate surface area is 328 Å². The molecule has 298 valence electrons. The van der Waals surface area contributed by atoms with Crippen LogP contribution in [0, 0.1) is 0 Å². The van der Waals surface area contributed by atoms with Crippen molar-refractivity contribution in [1.29, 1.82) is 0 Å². The third kappa shape index (κ3) is 8.63. The van der Waals surface area contributed by atoms with Crippen molar-refractivity contribution in [2.45, 2.75) is 57.0 Å². The number of carbonyl (C=O) groups excluding carboxylic acids is 6. The van der Waals surface area contributed by atoms with Crippen LogP contribution in [0.5, 0.6) is 0 Å². The van der Waals surface area contributed by atoms with Crippen LogP contribution in [0.3, 0.4) is 0 Å². The molecule has 1 aliphatic carbocycles. The van der Waals surface area contributed by atoms with Gasteiger partial charge in [-0.2, -0.15) is 4.98 Å². The number of amides is 6. The van der Waals surface area contributed by atoms with Crippen molar-refractivity contribution in [2.75, 3.05) is 63.0 Å². The van der Waals surface area contributed by atoms with Crippen LogP contribution in [0.15, 0.2) is 54.7 Å². The molecule has 2 aliphatic heterocycles. The number of ether oxygens (including phenoxy) is 2. The lowest BCUT2D eigenvalue weighted by molar-refractivity contribution is -0.136. The third-order valence-electron chi connectivity index (χ3n) is 10.2. The summed E-state index contributed by atoms with van der Waals surface area (Å²) in [6.07, 6.45) is 6.26. The van der Waals surface area contributed by atoms with Crippen molar-refractivity contribution < 1.29 is 38.2 Å². The van der Waals surface area contributed by atoms with Crippen molar-refractivity contribution in [2.24, 2.45) is 0 Å². The molecule has 0 radical (unpaired) electrons. The van der Waals surface area contributed by atoms with Gasteiger partial charge in [0.05, 0.1) is 44.0 Å². The Morgan fingerprint density at radius 1 is 0.912 bits per heavy atom. The number of rotatable bonds is 16. The fourth-order valence-electron chi connectivity index (χ4n) is 7.39. The van der Waals surface area contributed by atoms with Gasteiger partial charge in [0.25, 0.3) is 17.7 Å². The van der Waals surface area contributed by atoms with Gasteiger partial charge in [0.15, 0.2) is 0 Å². The number of hydrogen-bond donors (Lipinski definition) is 4. The highest BCUT2D eigenvalue weighted by atomic mass is 16.5. The summed E-state index contributed by atoms with van der Waals surface area (Å²) in [5.74, 6) is -2.10. The van der Waals surface area contributed by atoms with Crippen molar-refractivity contribution in [3.05, 3.63) is 71.5 Å². The highest BCUT2D eigenvalue weighted by molar-refractivity contribution is 6.25. The zero-order valence-electron chi connectivity index (χ0n) is 31.8. The molecule has 17 nitrogen and oxygen atoms in total. The summed E-state index contributed by atoms with van der Waals surface area (Å²) in [6.45, 7) is 1.38. The van der Waals surface area contributed by atoms with Crippen LogP contribution >= 0.6 is 0 Å². The van der Waals surface area contributed by atoms with Crippen LogP contribution in [0.25, 0.3) is 11.0 Å². The zero-order valence-corrected chi connectivity index (χ0v) is 31.8. The first-order valence-electron chi connectivity index (χ1n) is 19.1. The number of anilines is 4. The Bertz CT molecular complexity index is 2200. The van der Waals surface area contributed by atoms with Crippen LogP contribution < -0.4 is 21.3 Å². The van der Waals surface area contributed by atoms with Crippen molar-refractivity contribution in [3.63, 3.8) is 0 Å². The van der Waals surface area contributed by atoms with Gasteiger partial charge >= 0.3 is 0 Å². The lowest BCUT2D eigenvalue weighted by atomic mass is 10.0. The maximum absolute atomic E-state index is 13.2. The second-order valence-electron chi connectivity index (χ2n) is 14.3. The predicted molar refractivity (Wildman–Crippen MR) is 209 cm³/mol. The standard InChI is InChI=1S/C40H45N9O8/c1-47(2)38(54)31-22-24-23-42-40(46-35(24)48(31)27-6-3-4-7-27)44-26-12-10-25(11-13-26)43-33(51)16-18-56-20-21-57-19-17-41-29-9-5-8-28-34(29)39(55)49(37(28)53)30-14-15-32(50)45-36(30)52/h5,8-13,22-23,27,30,41H,3-4,6-7,14-21H2,1-2H3,(H,43,51)(H,42,44,46)(H,45,50,52). The smallest absolute Gasteiger partial charge is 0.270 e. The molecule has 57 heavy (non-hydrogen) atoms. The first kappa shape index (κ1) is 39.1. The lowest BCUT2D eigenvalue weighted by Gasteiger charge is -2.27. The maximum atomic E-state index is 13.2. The summed E-state index contributed by atoms with van der Waals surface area (Å²) in [5.41, 5.74) is 3.54. The minimum Gasteiger partial charge on any atom is -0.382 e. The molecule has 17 heteroatoms. The van der Waals surface area contributed by atoms with Crippen molar-refractivity contribution in [1.82, 2.24) is 29.7 Å². The number of benzene rings is 2. The molecule has 1 unspecified atom stereocenters. The fraction of sp³-hybridized carbons (Fsp3) is 0.400. The summed E-state index contributed by atoms with van der Waals surface area (Å²) < 4.78 is 13.3. The Hall–Kier alpha value is -6.20. The number of nitrogens with one attached hydrogen (secondary N) is 4. The van der Waals surface area contributed by atoms with Crippen LogP contribution in [0.2, 0.25) is 0 Å². The normalized spacial score (nSPS) is 16.9. The van der Waals surface area contributed by atoms with Gasteiger partial charge < -0.3 is 34.9 Å². The molecular formula is C40H45N9O8. The van der Waals surface area contributed by atoms with E-state index in [2.05, 4.69) is 30.8 Å². The van der Waals surface area contributed by atoms with Crippen molar-refractivity contribution in [3.8, 4) is 0 Å². The van der Waals surface area contributed by atoms with Gasteiger partial charge in [-0.3, -0.25) is 39.0 Å². The summed E-state index contributed by atoms with van der Waals surface area (Å²) in [4.78, 5) is 87.5. The zero-order chi connectivity index (χ0) is 40.1. The number of fused-ring (bicyclic) bond motifs is 2. The van der Waals surface area contributed by atoms with Crippen LogP contribution in [-0.4, -0.2) is 113 Å². The summed E-state index contributed by atoms with van der Waals surface area (Å²) in [7, 11) is 3.50. The largest absolute Gasteiger partial charge is 0.382 e. The molecule has 4 aromatic rings. The molecule has 2 fully saturated rings. The average molecular weight is 780 g/mol. The van der Waals surface area contributed by atoms with Crippen LogP contribution in [0.1, 0.15) is 82.2 Å². The molecule has 7 rings (SSSR count). The molecular weight excluding hydrogens is 734 g/mol. The molecule has 1 saturated heterocycles. The maximum Gasteiger partial charge on any atom is 0.270 e. The number of carbonyl (C=O) groups is 6. The van der Waals surface area contributed by atoms with Gasteiger partial charge in [0.2, 0.25) is 23.7 Å². The molecule has 3 aliphatic rings. The Morgan fingerprint density at radius 3 is 2.39 bits per heavy atom. The molecule has 2 aromatic heterocycles. The molecule has 0 spiro atoms. The summed E-state index contributed by atoms with van der Waals surface area (Å²) in [6, 6.07) is 13.1. The summed E-state index contributed by atoms with van der Waals surface area (Å²) >= 11 is 0. The van der Waals surface area contributed by atoms with E-state index in [0.717, 1.165) is 47.3 Å². The fourth-order valence-corrected chi connectivity index (χ4v) is 7.39. The molecule has 4 heterocycles. The highest BCUT2D eigenvalue weighted by Crippen LogP contribution is 2.35. The Kier molecular flexibility index (Phi) is 11.9. The molecule has 1 saturated carbocycles. The van der Waals surface area contributed by atoms with E-state index in [1.165, 1.54) is 6.07 Å². The Morgan fingerprint density at radius 2 is 1.65 bits per heavy atom. The lowest BCUT2D eigenvalue weighted by Crippen LogP contribution is -2.54. The Balaban J connectivity index is 0.809. The minimum atomic E-state index is -1.03. The molecule has 2 aromatic carbocycles. The number of aromatic nitrogens is 3. The van der Waals surface area contributed by atoms with Gasteiger partial charge in [-0.05, 0) is 61.7 Å². The molecule has 6 amide bonds. The molecule has 0 bridgehead atoms. The highest BCUT2D eigenvalue weighted by Gasteiger charge is 2.45. The number of hydrogen-bond acceptors (Lipinski definition) is 12. The average Bonchev–Trinajstić information content (AvgIpc) is 3.92. The van der Waals surface area contributed by atoms with E-state index in [-0.39, 0.29) is 74.7 Å². The van der Waals surface area contributed by atoms with Gasteiger partial charge in [0, 0.05) is 61.7 Å². The SMILES string of the molecule is CN(C)C(=O)c1cc2cnc(Nc3ccc(NC(=O)CCOCCOCCNc4cccc5c4C(=O)N(C4CCC(=O)NC4=O)C5=O)cc3)nc2n1C1CCCC1. The quantitative estimate of drug-likeness (QED) is 0.0945. The number of imide groups is 2. The molecule has 4 N–H and O–H groups in total. The van der Waals surface area contributed by atoms with E-state index in [1.54, 1.807) is 49.5 Å². The van der Waals surface area contributed by atoms with E-state index in [9.17, 15) is 28.8 Å². The van der Waals surface area contributed by atoms with Crippen molar-refractivity contribution >= 4 is 69.5 Å². The van der Waals surface area contributed by atoms with Crippen LogP contribution in [-0.2, 0) is 23.9 Å². The van der Waals surface area contributed by atoms with E-state index < -0.39 is 29.7 Å². The topological polar surface area (TPSA) is 206 Å². The van der Waals surface area contributed by atoms with E-state index in [1.807, 2.05) is 18.2 Å². The van der Waals surface area contributed by atoms with Gasteiger partial charge in [0.1, 0.15) is 17.4 Å². The predicted octanol–water partition coefficient (Wildman–Crippen LogP) is 3.87. The minimum absolute atomic E-state index is 0.0496. The van der Waals surface area contributed by atoms with Gasteiger partial charge in [-0.1, -0.05) is 18.9 Å². The first-order valence-corrected chi connectivity index (χ1v) is 19.1. The summed E-state index contributed by atoms with van der Waals surface area (Å²) in [5, 5.41) is 12.2. The van der Waals surface area contributed by atoms with Crippen LogP contribution in [0.4, 0.5) is 23.0 Å².